The first-order chi connectivity index (χ1) is 7.95. The van der Waals surface area contributed by atoms with Crippen molar-refractivity contribution < 1.29 is 0 Å². The van der Waals surface area contributed by atoms with Crippen LogP contribution in [-0.4, -0.2) is 11.2 Å². The quantitative estimate of drug-likeness (QED) is 0.781. The van der Waals surface area contributed by atoms with Crippen LogP contribution < -0.4 is 5.43 Å². The number of pyridine rings is 1. The van der Waals surface area contributed by atoms with E-state index in [1.165, 1.54) is 16.7 Å². The number of aromatic nitrogens is 1. The molecule has 1 aliphatic heterocycles. The van der Waals surface area contributed by atoms with Crippen LogP contribution in [0.4, 0.5) is 0 Å². The summed E-state index contributed by atoms with van der Waals surface area (Å²) in [6.45, 7) is 0. The molecule has 1 unspecified atom stereocenters. The highest BCUT2D eigenvalue weighted by molar-refractivity contribution is 5.83. The Bertz CT molecular complexity index is 520. The summed E-state index contributed by atoms with van der Waals surface area (Å²) in [7, 11) is 0. The van der Waals surface area contributed by atoms with E-state index in [1.807, 2.05) is 30.5 Å². The number of rotatable bonds is 1. The summed E-state index contributed by atoms with van der Waals surface area (Å²) in [4.78, 5) is 4.03. The van der Waals surface area contributed by atoms with E-state index in [9.17, 15) is 0 Å². The van der Waals surface area contributed by atoms with Gasteiger partial charge in [0.1, 0.15) is 0 Å². The molecule has 2 aromatic rings. The average Bonchev–Trinajstić information content (AvgIpc) is 2.39. The van der Waals surface area contributed by atoms with Gasteiger partial charge in [0.2, 0.25) is 0 Å². The van der Waals surface area contributed by atoms with Crippen LogP contribution in [0.25, 0.3) is 0 Å². The fraction of sp³-hybridized carbons (Fsp3) is 0.0769. The molecule has 16 heavy (non-hydrogen) atoms. The molecule has 78 valence electrons. The lowest BCUT2D eigenvalue weighted by Crippen LogP contribution is -2.22. The van der Waals surface area contributed by atoms with Crippen molar-refractivity contribution in [1.82, 2.24) is 10.4 Å². The fourth-order valence-corrected chi connectivity index (χ4v) is 1.95. The monoisotopic (exact) mass is 209 g/mol. The number of nitrogens with one attached hydrogen (secondary N) is 1. The number of hydrazone groups is 1. The first kappa shape index (κ1) is 9.09. The summed E-state index contributed by atoms with van der Waals surface area (Å²) in [5, 5.41) is 4.18. The second-order valence-electron chi connectivity index (χ2n) is 3.73. The maximum absolute atomic E-state index is 4.18. The summed E-state index contributed by atoms with van der Waals surface area (Å²) < 4.78 is 0. The normalized spacial score (nSPS) is 17.6. The Balaban J connectivity index is 2.09. The van der Waals surface area contributed by atoms with Crippen molar-refractivity contribution in [3.8, 4) is 0 Å². The second-order valence-corrected chi connectivity index (χ2v) is 3.73. The van der Waals surface area contributed by atoms with Crippen LogP contribution in [-0.2, 0) is 0 Å². The van der Waals surface area contributed by atoms with E-state index in [0.29, 0.717) is 0 Å². The van der Waals surface area contributed by atoms with Crippen molar-refractivity contribution in [2.45, 2.75) is 6.04 Å². The molecule has 0 saturated carbocycles. The third-order valence-corrected chi connectivity index (χ3v) is 2.75. The number of fused-ring (bicyclic) bond motifs is 1. The molecule has 0 radical (unpaired) electrons. The van der Waals surface area contributed by atoms with Crippen molar-refractivity contribution >= 4 is 6.21 Å². The fourth-order valence-electron chi connectivity index (χ4n) is 1.95. The number of hydrogen-bond acceptors (Lipinski definition) is 3. The van der Waals surface area contributed by atoms with Gasteiger partial charge in [-0.2, -0.15) is 5.10 Å². The largest absolute Gasteiger partial charge is 0.298 e. The molecule has 1 aromatic heterocycles. The highest BCUT2D eigenvalue weighted by Crippen LogP contribution is 2.25. The van der Waals surface area contributed by atoms with Crippen molar-refractivity contribution in [3.63, 3.8) is 0 Å². The van der Waals surface area contributed by atoms with Gasteiger partial charge in [-0.25, -0.2) is 0 Å². The van der Waals surface area contributed by atoms with Crippen LogP contribution >= 0.6 is 0 Å². The maximum Gasteiger partial charge on any atom is 0.0947 e. The van der Waals surface area contributed by atoms with E-state index in [0.717, 1.165) is 0 Å². The van der Waals surface area contributed by atoms with Gasteiger partial charge in [0.15, 0.2) is 0 Å². The van der Waals surface area contributed by atoms with E-state index in [4.69, 9.17) is 0 Å². The molecule has 3 rings (SSSR count). The van der Waals surface area contributed by atoms with Gasteiger partial charge in [0.05, 0.1) is 12.3 Å². The first-order valence-electron chi connectivity index (χ1n) is 5.22. The lowest BCUT2D eigenvalue weighted by Gasteiger charge is -2.22. The Morgan fingerprint density at radius 2 is 1.81 bits per heavy atom. The lowest BCUT2D eigenvalue weighted by atomic mass is 9.95. The standard InChI is InChI=1S/C13H11N3/c1-2-4-12-11(3-1)9-15-16-13(12)10-5-7-14-8-6-10/h1-9,13,16H. The summed E-state index contributed by atoms with van der Waals surface area (Å²) in [5.41, 5.74) is 6.74. The maximum atomic E-state index is 4.18. The highest BCUT2D eigenvalue weighted by atomic mass is 15.3. The van der Waals surface area contributed by atoms with Gasteiger partial charge in [-0.1, -0.05) is 24.3 Å². The molecule has 2 heterocycles. The number of benzene rings is 1. The van der Waals surface area contributed by atoms with E-state index >= 15 is 0 Å². The van der Waals surface area contributed by atoms with E-state index < -0.39 is 0 Å². The zero-order chi connectivity index (χ0) is 10.8. The zero-order valence-corrected chi connectivity index (χ0v) is 8.67. The van der Waals surface area contributed by atoms with Crippen LogP contribution in [0.2, 0.25) is 0 Å². The van der Waals surface area contributed by atoms with Crippen molar-refractivity contribution in [1.29, 1.82) is 0 Å². The molecule has 3 heteroatoms. The Morgan fingerprint density at radius 3 is 2.69 bits per heavy atom. The Morgan fingerprint density at radius 1 is 1.00 bits per heavy atom. The molecule has 0 fully saturated rings. The van der Waals surface area contributed by atoms with Crippen molar-refractivity contribution in [2.75, 3.05) is 0 Å². The SMILES string of the molecule is C1=NNC(c2ccncc2)c2ccccc21. The molecular weight excluding hydrogens is 198 g/mol. The molecule has 0 amide bonds. The molecule has 1 aliphatic rings. The minimum atomic E-state index is 0.129. The summed E-state index contributed by atoms with van der Waals surface area (Å²) in [6, 6.07) is 12.4. The average molecular weight is 209 g/mol. The highest BCUT2D eigenvalue weighted by Gasteiger charge is 2.18. The predicted molar refractivity (Wildman–Crippen MR) is 63.3 cm³/mol. The van der Waals surface area contributed by atoms with Crippen LogP contribution in [0.3, 0.4) is 0 Å². The predicted octanol–water partition coefficient (Wildman–Crippen LogP) is 2.11. The van der Waals surface area contributed by atoms with Gasteiger partial charge in [-0.3, -0.25) is 10.4 Å². The van der Waals surface area contributed by atoms with Crippen molar-refractivity contribution in [2.24, 2.45) is 5.10 Å². The van der Waals surface area contributed by atoms with Gasteiger partial charge in [-0.05, 0) is 23.3 Å². The topological polar surface area (TPSA) is 37.3 Å². The Kier molecular flexibility index (Phi) is 2.14. The molecule has 0 saturated heterocycles. The third kappa shape index (κ3) is 1.46. The van der Waals surface area contributed by atoms with Gasteiger partial charge in [0, 0.05) is 18.0 Å². The minimum Gasteiger partial charge on any atom is -0.298 e. The van der Waals surface area contributed by atoms with E-state index in [-0.39, 0.29) is 6.04 Å². The number of nitrogens with zero attached hydrogens (tertiary/aromatic N) is 2. The van der Waals surface area contributed by atoms with Crippen LogP contribution in [0.15, 0.2) is 53.9 Å². The molecule has 1 atom stereocenters. The lowest BCUT2D eigenvalue weighted by molar-refractivity contribution is 0.631. The number of hydrogen-bond donors (Lipinski definition) is 1. The molecule has 0 bridgehead atoms. The van der Waals surface area contributed by atoms with Gasteiger partial charge in [-0.15, -0.1) is 0 Å². The summed E-state index contributed by atoms with van der Waals surface area (Å²) in [5.74, 6) is 0. The van der Waals surface area contributed by atoms with Gasteiger partial charge in [0.25, 0.3) is 0 Å². The molecule has 1 N–H and O–H groups in total. The first-order valence-corrected chi connectivity index (χ1v) is 5.22. The van der Waals surface area contributed by atoms with Crippen LogP contribution in [0.1, 0.15) is 22.7 Å². The van der Waals surface area contributed by atoms with E-state index in [1.54, 1.807) is 12.4 Å². The molecular formula is C13H11N3. The third-order valence-electron chi connectivity index (χ3n) is 2.75. The van der Waals surface area contributed by atoms with Gasteiger partial charge < -0.3 is 0 Å². The van der Waals surface area contributed by atoms with Crippen LogP contribution in [0, 0.1) is 0 Å². The molecule has 0 aliphatic carbocycles. The van der Waals surface area contributed by atoms with Crippen molar-refractivity contribution in [3.05, 3.63) is 65.5 Å². The molecule has 3 nitrogen and oxygen atoms in total. The Labute approximate surface area is 93.8 Å². The van der Waals surface area contributed by atoms with Crippen LogP contribution in [0.5, 0.6) is 0 Å². The smallest absolute Gasteiger partial charge is 0.0947 e. The Hall–Kier alpha value is -2.16. The minimum absolute atomic E-state index is 0.129. The molecule has 1 aromatic carbocycles. The van der Waals surface area contributed by atoms with E-state index in [2.05, 4.69) is 27.6 Å². The zero-order valence-electron chi connectivity index (χ0n) is 8.67. The molecule has 0 spiro atoms. The summed E-state index contributed by atoms with van der Waals surface area (Å²) in [6.07, 6.45) is 5.46. The summed E-state index contributed by atoms with van der Waals surface area (Å²) >= 11 is 0. The van der Waals surface area contributed by atoms with Gasteiger partial charge >= 0.3 is 0 Å². The second kappa shape index (κ2) is 3.77.